The first-order chi connectivity index (χ1) is 15.0. The van der Waals surface area contributed by atoms with Crippen LogP contribution >= 0.6 is 11.8 Å². The van der Waals surface area contributed by atoms with E-state index < -0.39 is 0 Å². The molecule has 0 saturated carbocycles. The van der Waals surface area contributed by atoms with E-state index in [0.717, 1.165) is 30.8 Å². The molecule has 0 N–H and O–H groups in total. The van der Waals surface area contributed by atoms with Crippen LogP contribution in [-0.4, -0.2) is 46.3 Å². The lowest BCUT2D eigenvalue weighted by molar-refractivity contribution is -0.130. The van der Waals surface area contributed by atoms with Gasteiger partial charge in [0.15, 0.2) is 5.16 Å². The number of aromatic nitrogens is 2. The normalized spacial score (nSPS) is 16.5. The van der Waals surface area contributed by atoms with Crippen LogP contribution in [0, 0.1) is 5.92 Å². The summed E-state index contributed by atoms with van der Waals surface area (Å²) < 4.78 is 6.89. The SMILES string of the molecule is COc1ccc(Cn2c(SCC(=O)N3CCCC(C)C3)nc3ccccc3c2=O)cc1. The van der Waals surface area contributed by atoms with Crippen molar-refractivity contribution in [1.82, 2.24) is 14.5 Å². The molecule has 1 amide bonds. The molecule has 2 aromatic carbocycles. The molecule has 3 aromatic rings. The molecule has 0 aliphatic carbocycles. The third-order valence-electron chi connectivity index (χ3n) is 5.66. The first kappa shape index (κ1) is 21.4. The molecule has 0 radical (unpaired) electrons. The number of nitrogens with zero attached hydrogens (tertiary/aromatic N) is 3. The van der Waals surface area contributed by atoms with Crippen LogP contribution in [0.3, 0.4) is 0 Å². The fraction of sp³-hybridized carbons (Fsp3) is 0.375. The second kappa shape index (κ2) is 9.56. The van der Waals surface area contributed by atoms with Gasteiger partial charge in [0.1, 0.15) is 5.75 Å². The van der Waals surface area contributed by atoms with Gasteiger partial charge < -0.3 is 9.64 Å². The quantitative estimate of drug-likeness (QED) is 0.434. The van der Waals surface area contributed by atoms with Gasteiger partial charge in [-0.15, -0.1) is 0 Å². The molecule has 1 aliphatic rings. The van der Waals surface area contributed by atoms with Gasteiger partial charge in [-0.25, -0.2) is 4.98 Å². The second-order valence-electron chi connectivity index (χ2n) is 8.03. The number of thioether (sulfide) groups is 1. The van der Waals surface area contributed by atoms with Gasteiger partial charge >= 0.3 is 0 Å². The number of methoxy groups -OCH3 is 1. The van der Waals surface area contributed by atoms with Crippen LogP contribution in [0.5, 0.6) is 5.75 Å². The highest BCUT2D eigenvalue weighted by Crippen LogP contribution is 2.22. The van der Waals surface area contributed by atoms with E-state index in [1.165, 1.54) is 18.2 Å². The number of ether oxygens (including phenoxy) is 1. The maximum atomic E-state index is 13.3. The van der Waals surface area contributed by atoms with Crippen molar-refractivity contribution in [2.75, 3.05) is 26.0 Å². The number of carbonyl (C=O) groups is 1. The molecular formula is C24H27N3O3S. The number of benzene rings is 2. The molecule has 2 heterocycles. The minimum Gasteiger partial charge on any atom is -0.497 e. The van der Waals surface area contributed by atoms with Crippen molar-refractivity contribution < 1.29 is 9.53 Å². The molecule has 1 unspecified atom stereocenters. The van der Waals surface area contributed by atoms with Crippen LogP contribution < -0.4 is 10.3 Å². The number of rotatable bonds is 6. The molecule has 31 heavy (non-hydrogen) atoms. The van der Waals surface area contributed by atoms with Crippen molar-refractivity contribution in [1.29, 1.82) is 0 Å². The van der Waals surface area contributed by atoms with Crippen LogP contribution in [0.25, 0.3) is 10.9 Å². The Morgan fingerprint density at radius 3 is 2.71 bits per heavy atom. The Kier molecular flexibility index (Phi) is 6.61. The second-order valence-corrected chi connectivity index (χ2v) is 8.97. The van der Waals surface area contributed by atoms with Gasteiger partial charge in [0.05, 0.1) is 30.3 Å². The molecule has 0 bridgehead atoms. The van der Waals surface area contributed by atoms with Crippen molar-refractivity contribution in [3.8, 4) is 5.75 Å². The summed E-state index contributed by atoms with van der Waals surface area (Å²) in [6.45, 7) is 4.19. The van der Waals surface area contributed by atoms with Gasteiger partial charge in [-0.05, 0) is 48.6 Å². The first-order valence-electron chi connectivity index (χ1n) is 10.6. The highest BCUT2D eigenvalue weighted by Gasteiger charge is 2.22. The number of para-hydroxylation sites is 1. The average molecular weight is 438 g/mol. The molecule has 7 heteroatoms. The molecule has 1 aromatic heterocycles. The Labute approximate surface area is 186 Å². The highest BCUT2D eigenvalue weighted by molar-refractivity contribution is 7.99. The number of carbonyl (C=O) groups excluding carboxylic acids is 1. The average Bonchev–Trinajstić information content (AvgIpc) is 2.80. The standard InChI is InChI=1S/C24H27N3O3S/c1-17-6-5-13-26(14-17)22(28)16-31-24-25-21-8-4-3-7-20(21)23(29)27(24)15-18-9-11-19(30-2)12-10-18/h3-4,7-12,17H,5-6,13-16H2,1-2H3. The lowest BCUT2D eigenvalue weighted by Gasteiger charge is -2.30. The van der Waals surface area contributed by atoms with E-state index in [1.54, 1.807) is 17.7 Å². The minimum atomic E-state index is -0.0945. The van der Waals surface area contributed by atoms with E-state index in [4.69, 9.17) is 9.72 Å². The predicted molar refractivity (Wildman–Crippen MR) is 124 cm³/mol. The summed E-state index contributed by atoms with van der Waals surface area (Å²) in [5, 5.41) is 1.15. The van der Waals surface area contributed by atoms with Gasteiger partial charge in [0, 0.05) is 13.1 Å². The van der Waals surface area contributed by atoms with Crippen molar-refractivity contribution in [3.05, 3.63) is 64.4 Å². The first-order valence-corrected chi connectivity index (χ1v) is 11.6. The highest BCUT2D eigenvalue weighted by atomic mass is 32.2. The van der Waals surface area contributed by atoms with Gasteiger partial charge in [-0.2, -0.15) is 0 Å². The third-order valence-corrected chi connectivity index (χ3v) is 6.62. The van der Waals surface area contributed by atoms with Gasteiger partial charge in [0.2, 0.25) is 5.91 Å². The molecule has 1 aliphatic heterocycles. The van der Waals surface area contributed by atoms with Gasteiger partial charge in [-0.1, -0.05) is 43.0 Å². The maximum absolute atomic E-state index is 13.3. The summed E-state index contributed by atoms with van der Waals surface area (Å²) in [7, 11) is 1.63. The number of hydrogen-bond donors (Lipinski definition) is 0. The van der Waals surface area contributed by atoms with E-state index in [-0.39, 0.29) is 17.2 Å². The molecule has 1 fully saturated rings. The molecule has 1 saturated heterocycles. The van der Waals surface area contributed by atoms with Gasteiger partial charge in [-0.3, -0.25) is 14.2 Å². The Bertz CT molecular complexity index is 1130. The third kappa shape index (κ3) is 4.93. The van der Waals surface area contributed by atoms with Crippen LogP contribution in [0.1, 0.15) is 25.3 Å². The van der Waals surface area contributed by atoms with Crippen molar-refractivity contribution in [2.45, 2.75) is 31.5 Å². The Morgan fingerprint density at radius 1 is 1.19 bits per heavy atom. The zero-order valence-corrected chi connectivity index (χ0v) is 18.7. The monoisotopic (exact) mass is 437 g/mol. The van der Waals surface area contributed by atoms with E-state index in [2.05, 4.69) is 6.92 Å². The molecule has 6 nitrogen and oxygen atoms in total. The summed E-state index contributed by atoms with van der Waals surface area (Å²) in [5.74, 6) is 1.69. The van der Waals surface area contributed by atoms with E-state index in [0.29, 0.717) is 28.5 Å². The maximum Gasteiger partial charge on any atom is 0.262 e. The Morgan fingerprint density at radius 2 is 1.97 bits per heavy atom. The molecule has 4 rings (SSSR count). The molecule has 0 spiro atoms. The topological polar surface area (TPSA) is 64.4 Å². The minimum absolute atomic E-state index is 0.0945. The summed E-state index contributed by atoms with van der Waals surface area (Å²) in [6.07, 6.45) is 2.22. The smallest absolute Gasteiger partial charge is 0.262 e. The zero-order valence-electron chi connectivity index (χ0n) is 17.9. The van der Waals surface area contributed by atoms with Crippen LogP contribution in [-0.2, 0) is 11.3 Å². The van der Waals surface area contributed by atoms with Crippen LogP contribution in [0.15, 0.2) is 58.5 Å². The van der Waals surface area contributed by atoms with Crippen LogP contribution in [0.4, 0.5) is 0 Å². The summed E-state index contributed by atoms with van der Waals surface area (Å²) >= 11 is 1.34. The van der Waals surface area contributed by atoms with E-state index in [9.17, 15) is 9.59 Å². The van der Waals surface area contributed by atoms with Crippen molar-refractivity contribution in [2.24, 2.45) is 5.92 Å². The predicted octanol–water partition coefficient (Wildman–Crippen LogP) is 3.80. The number of amides is 1. The van der Waals surface area contributed by atoms with Crippen LogP contribution in [0.2, 0.25) is 0 Å². The summed E-state index contributed by atoms with van der Waals surface area (Å²) in [5.41, 5.74) is 1.53. The molecule has 162 valence electrons. The number of hydrogen-bond acceptors (Lipinski definition) is 5. The lowest BCUT2D eigenvalue weighted by atomic mass is 10.0. The fourth-order valence-electron chi connectivity index (χ4n) is 3.94. The fourth-order valence-corrected chi connectivity index (χ4v) is 4.85. The number of fused-ring (bicyclic) bond motifs is 1. The van der Waals surface area contributed by atoms with Gasteiger partial charge in [0.25, 0.3) is 5.56 Å². The van der Waals surface area contributed by atoms with E-state index >= 15 is 0 Å². The lowest BCUT2D eigenvalue weighted by Crippen LogP contribution is -2.40. The largest absolute Gasteiger partial charge is 0.497 e. The molecular weight excluding hydrogens is 410 g/mol. The Hall–Kier alpha value is -2.80. The zero-order chi connectivity index (χ0) is 21.8. The van der Waals surface area contributed by atoms with Crippen molar-refractivity contribution >= 4 is 28.6 Å². The number of likely N-dealkylation sites (tertiary alicyclic amines) is 1. The molecule has 1 atom stereocenters. The Balaban J connectivity index is 1.61. The van der Waals surface area contributed by atoms with Crippen molar-refractivity contribution in [3.63, 3.8) is 0 Å². The number of piperidine rings is 1. The van der Waals surface area contributed by atoms with E-state index in [1.807, 2.05) is 47.4 Å². The summed E-state index contributed by atoms with van der Waals surface area (Å²) in [6, 6.07) is 15.0. The summed E-state index contributed by atoms with van der Waals surface area (Å²) in [4.78, 5) is 32.7.